The first-order valence-corrected chi connectivity index (χ1v) is 18.0. The number of carboxylic acids is 1. The highest BCUT2D eigenvalue weighted by Crippen LogP contribution is 2.16. The molecule has 0 saturated carbocycles. The van der Waals surface area contributed by atoms with E-state index in [1.807, 2.05) is 0 Å². The van der Waals surface area contributed by atoms with E-state index in [-0.39, 0.29) is 5.97 Å². The molecule has 0 aromatic carbocycles. The molecule has 4 heteroatoms. The van der Waals surface area contributed by atoms with Gasteiger partial charge in [-0.2, -0.15) is 0 Å². The van der Waals surface area contributed by atoms with Gasteiger partial charge in [-0.15, -0.1) is 0 Å². The van der Waals surface area contributed by atoms with Crippen LogP contribution in [0.4, 0.5) is 0 Å². The van der Waals surface area contributed by atoms with Gasteiger partial charge < -0.3 is 9.84 Å². The van der Waals surface area contributed by atoms with Crippen LogP contribution in [0.15, 0.2) is 36.5 Å². The highest BCUT2D eigenvalue weighted by molar-refractivity contribution is 5.77. The molecular weight excluding hydrogens is 520 g/mol. The molecule has 0 spiro atoms. The third-order valence-corrected chi connectivity index (χ3v) is 7.90. The van der Waals surface area contributed by atoms with Crippen LogP contribution >= 0.6 is 0 Å². The predicted molar refractivity (Wildman–Crippen MR) is 181 cm³/mol. The first-order valence-electron chi connectivity index (χ1n) is 18.0. The second-order valence-corrected chi connectivity index (χ2v) is 12.0. The molecule has 1 unspecified atom stereocenters. The van der Waals surface area contributed by atoms with E-state index < -0.39 is 12.1 Å². The fourth-order valence-corrected chi connectivity index (χ4v) is 5.22. The van der Waals surface area contributed by atoms with Crippen LogP contribution in [-0.2, 0) is 14.3 Å². The topological polar surface area (TPSA) is 63.6 Å². The number of carbonyl (C=O) groups is 2. The van der Waals surface area contributed by atoms with E-state index in [0.29, 0.717) is 12.8 Å². The van der Waals surface area contributed by atoms with E-state index >= 15 is 0 Å². The maximum absolute atomic E-state index is 12.2. The van der Waals surface area contributed by atoms with Crippen LogP contribution in [0.5, 0.6) is 0 Å². The number of hydrogen-bond acceptors (Lipinski definition) is 3. The predicted octanol–water partition coefficient (Wildman–Crippen LogP) is 12.2. The maximum Gasteiger partial charge on any atom is 0.345 e. The lowest BCUT2D eigenvalue weighted by atomic mass is 10.0. The van der Waals surface area contributed by atoms with Crippen molar-refractivity contribution in [3.8, 4) is 0 Å². The summed E-state index contributed by atoms with van der Waals surface area (Å²) >= 11 is 0. The van der Waals surface area contributed by atoms with Crippen molar-refractivity contribution in [2.24, 2.45) is 0 Å². The van der Waals surface area contributed by atoms with Gasteiger partial charge in [-0.1, -0.05) is 166 Å². The molecule has 0 bridgehead atoms. The first-order chi connectivity index (χ1) is 20.6. The molecule has 42 heavy (non-hydrogen) atoms. The Morgan fingerprint density at radius 1 is 0.548 bits per heavy atom. The Hall–Kier alpha value is -1.84. The van der Waals surface area contributed by atoms with Gasteiger partial charge in [0, 0.05) is 6.42 Å². The third kappa shape index (κ3) is 31.1. The first kappa shape index (κ1) is 40.2. The van der Waals surface area contributed by atoms with Crippen molar-refractivity contribution in [1.82, 2.24) is 0 Å². The van der Waals surface area contributed by atoms with E-state index in [9.17, 15) is 14.7 Å². The molecule has 0 saturated heterocycles. The van der Waals surface area contributed by atoms with E-state index in [1.165, 1.54) is 96.3 Å². The summed E-state index contributed by atoms with van der Waals surface area (Å²) in [4.78, 5) is 23.7. The molecule has 1 atom stereocenters. The molecule has 0 fully saturated rings. The van der Waals surface area contributed by atoms with Gasteiger partial charge in [0.15, 0.2) is 6.10 Å². The van der Waals surface area contributed by atoms with E-state index in [4.69, 9.17) is 4.74 Å². The molecule has 0 aliphatic heterocycles. The number of unbranched alkanes of at least 4 members (excludes halogenated alkanes) is 20. The van der Waals surface area contributed by atoms with Crippen molar-refractivity contribution < 1.29 is 19.4 Å². The van der Waals surface area contributed by atoms with Crippen LogP contribution < -0.4 is 0 Å². The second-order valence-electron chi connectivity index (χ2n) is 12.0. The van der Waals surface area contributed by atoms with Crippen molar-refractivity contribution >= 4 is 11.9 Å². The smallest absolute Gasteiger partial charge is 0.345 e. The Balaban J connectivity index is 3.59. The summed E-state index contributed by atoms with van der Waals surface area (Å²) in [5, 5.41) is 9.46. The quantitative estimate of drug-likeness (QED) is 0.0482. The number of carbonyl (C=O) groups excluding carboxylic acids is 1. The molecule has 0 aromatic rings. The Morgan fingerprint density at radius 3 is 1.48 bits per heavy atom. The summed E-state index contributed by atoms with van der Waals surface area (Å²) < 4.78 is 5.30. The summed E-state index contributed by atoms with van der Waals surface area (Å²) in [5.41, 5.74) is 0. The summed E-state index contributed by atoms with van der Waals surface area (Å²) in [7, 11) is 0. The zero-order chi connectivity index (χ0) is 30.8. The highest BCUT2D eigenvalue weighted by Gasteiger charge is 2.21. The van der Waals surface area contributed by atoms with Crippen molar-refractivity contribution in [2.45, 2.75) is 193 Å². The van der Waals surface area contributed by atoms with Gasteiger partial charge in [0.25, 0.3) is 0 Å². The Morgan fingerprint density at radius 2 is 0.976 bits per heavy atom. The number of ether oxygens (including phenoxy) is 1. The van der Waals surface area contributed by atoms with Crippen LogP contribution in [0.2, 0.25) is 0 Å². The average Bonchev–Trinajstić information content (AvgIpc) is 2.98. The monoisotopic (exact) mass is 589 g/mol. The van der Waals surface area contributed by atoms with E-state index in [2.05, 4.69) is 50.3 Å². The normalized spacial score (nSPS) is 12.6. The number of rotatable bonds is 32. The summed E-state index contributed by atoms with van der Waals surface area (Å²) in [6.45, 7) is 4.42. The molecule has 0 aliphatic rings. The molecule has 0 amide bonds. The number of carboxylic acid groups (broad SMARTS) is 1. The van der Waals surface area contributed by atoms with Gasteiger partial charge in [0.2, 0.25) is 0 Å². The number of allylic oxidation sites excluding steroid dienone is 6. The molecule has 0 aliphatic carbocycles. The van der Waals surface area contributed by atoms with Gasteiger partial charge in [0.05, 0.1) is 0 Å². The molecule has 244 valence electrons. The highest BCUT2D eigenvalue weighted by atomic mass is 16.6. The van der Waals surface area contributed by atoms with Crippen molar-refractivity contribution in [3.63, 3.8) is 0 Å². The molecule has 4 nitrogen and oxygen atoms in total. The van der Waals surface area contributed by atoms with Gasteiger partial charge in [-0.3, -0.25) is 4.79 Å². The van der Waals surface area contributed by atoms with Gasteiger partial charge >= 0.3 is 11.9 Å². The van der Waals surface area contributed by atoms with Gasteiger partial charge in [-0.25, -0.2) is 4.79 Å². The van der Waals surface area contributed by atoms with Crippen LogP contribution in [0.3, 0.4) is 0 Å². The van der Waals surface area contributed by atoms with Gasteiger partial charge in [0.1, 0.15) is 0 Å². The van der Waals surface area contributed by atoms with E-state index in [0.717, 1.165) is 64.2 Å². The minimum Gasteiger partial charge on any atom is -0.479 e. The fourth-order valence-electron chi connectivity index (χ4n) is 5.22. The minimum atomic E-state index is -1.01. The van der Waals surface area contributed by atoms with Gasteiger partial charge in [-0.05, 0) is 51.4 Å². The molecule has 0 heterocycles. The molecule has 0 rings (SSSR count). The van der Waals surface area contributed by atoms with Crippen LogP contribution in [-0.4, -0.2) is 23.1 Å². The summed E-state index contributed by atoms with van der Waals surface area (Å²) in [5.74, 6) is -1.36. The second kappa shape index (κ2) is 33.7. The Kier molecular flexibility index (Phi) is 32.2. The van der Waals surface area contributed by atoms with E-state index in [1.54, 1.807) is 0 Å². The van der Waals surface area contributed by atoms with Crippen LogP contribution in [0.1, 0.15) is 187 Å². The van der Waals surface area contributed by atoms with Crippen molar-refractivity contribution in [1.29, 1.82) is 0 Å². The maximum atomic E-state index is 12.2. The average molecular weight is 589 g/mol. The van der Waals surface area contributed by atoms with Crippen LogP contribution in [0, 0.1) is 0 Å². The molecule has 0 aromatic heterocycles. The zero-order valence-electron chi connectivity index (χ0n) is 27.8. The Bertz CT molecular complexity index is 679. The lowest BCUT2D eigenvalue weighted by molar-refractivity contribution is -0.164. The number of aliphatic carboxylic acids is 1. The third-order valence-electron chi connectivity index (χ3n) is 7.90. The van der Waals surface area contributed by atoms with Crippen molar-refractivity contribution in [2.75, 3.05) is 0 Å². The van der Waals surface area contributed by atoms with Crippen molar-refractivity contribution in [3.05, 3.63) is 36.5 Å². The summed E-state index contributed by atoms with van der Waals surface area (Å²) in [6, 6.07) is 0. The molecular formula is C38H68O4. The molecule has 1 N–H and O–H groups in total. The largest absolute Gasteiger partial charge is 0.479 e. The summed E-state index contributed by atoms with van der Waals surface area (Å²) in [6.07, 6.45) is 43.1. The number of esters is 1. The fraction of sp³-hybridized carbons (Fsp3) is 0.789. The standard InChI is InChI=1S/C38H68O4/c1-3-5-7-9-11-13-15-17-19-20-21-23-25-27-29-31-33-35-37(39)42-36(38(40)41)34-32-30-28-26-24-22-18-16-14-12-10-8-6-4-2/h5,7,11,13,17,19,36H,3-4,6,8-10,12,14-16,18,20-35H2,1-2H3,(H,40,41)/b7-5-,13-11-,19-17-. The SMILES string of the molecule is CC/C=C\C/C=C\C/C=C\CCCCCCCCCC(=O)OC(CCCCCCCCCCCCCCCC)C(=O)O. The molecule has 0 radical (unpaired) electrons. The number of hydrogen-bond donors (Lipinski definition) is 1. The van der Waals surface area contributed by atoms with Crippen LogP contribution in [0.25, 0.3) is 0 Å². The minimum absolute atomic E-state index is 0.330. The Labute approximate surface area is 260 Å². The lowest BCUT2D eigenvalue weighted by Gasteiger charge is -2.13. The zero-order valence-corrected chi connectivity index (χ0v) is 27.8. The lowest BCUT2D eigenvalue weighted by Crippen LogP contribution is -2.27.